The number of amides is 3. The van der Waals surface area contributed by atoms with Crippen LogP contribution in [-0.4, -0.2) is 39.7 Å². The van der Waals surface area contributed by atoms with Crippen molar-refractivity contribution < 1.29 is 9.59 Å². The number of carbonyl (C=O) groups is 2. The fourth-order valence-corrected chi connectivity index (χ4v) is 3.88. The summed E-state index contributed by atoms with van der Waals surface area (Å²) in [5.41, 5.74) is 1.87. The summed E-state index contributed by atoms with van der Waals surface area (Å²) in [6.07, 6.45) is 0.711. The quantitative estimate of drug-likeness (QED) is 0.356. The number of anilines is 2. The van der Waals surface area contributed by atoms with Crippen LogP contribution in [0.15, 0.2) is 59.1 Å². The Morgan fingerprint density at radius 1 is 1.09 bits per heavy atom. The molecular formula is C25H29BrClN5O2. The first-order valence-corrected chi connectivity index (χ1v) is 12.2. The number of benzene rings is 2. The molecule has 0 aliphatic heterocycles. The lowest BCUT2D eigenvalue weighted by Crippen LogP contribution is -2.41. The Labute approximate surface area is 213 Å². The van der Waals surface area contributed by atoms with Crippen LogP contribution < -0.4 is 10.6 Å². The van der Waals surface area contributed by atoms with E-state index in [-0.39, 0.29) is 23.9 Å². The first-order chi connectivity index (χ1) is 16.1. The zero-order valence-electron chi connectivity index (χ0n) is 19.7. The number of aromatic nitrogens is 2. The minimum absolute atomic E-state index is 0.108. The molecule has 2 N–H and O–H groups in total. The van der Waals surface area contributed by atoms with Gasteiger partial charge in [0, 0.05) is 22.5 Å². The van der Waals surface area contributed by atoms with Gasteiger partial charge in [-0.15, -0.1) is 0 Å². The van der Waals surface area contributed by atoms with E-state index in [2.05, 4.69) is 26.6 Å². The van der Waals surface area contributed by atoms with Crippen LogP contribution in [0.4, 0.5) is 16.3 Å². The molecule has 3 aromatic rings. The van der Waals surface area contributed by atoms with E-state index in [1.165, 1.54) is 4.90 Å². The van der Waals surface area contributed by atoms with Gasteiger partial charge in [-0.2, -0.15) is 5.10 Å². The predicted octanol–water partition coefficient (Wildman–Crippen LogP) is 6.47. The second kappa shape index (κ2) is 11.1. The second-order valence-corrected chi connectivity index (χ2v) is 10.2. The summed E-state index contributed by atoms with van der Waals surface area (Å²) >= 11 is 9.84. The van der Waals surface area contributed by atoms with Crippen LogP contribution in [0.5, 0.6) is 0 Å². The van der Waals surface area contributed by atoms with E-state index in [0.717, 1.165) is 10.2 Å². The molecule has 34 heavy (non-hydrogen) atoms. The van der Waals surface area contributed by atoms with Crippen molar-refractivity contribution in [2.45, 2.75) is 39.5 Å². The van der Waals surface area contributed by atoms with Gasteiger partial charge in [-0.05, 0) is 46.6 Å². The van der Waals surface area contributed by atoms with Gasteiger partial charge in [0.1, 0.15) is 12.4 Å². The maximum atomic E-state index is 13.0. The highest BCUT2D eigenvalue weighted by Gasteiger charge is 2.23. The molecule has 0 radical (unpaired) electrons. The summed E-state index contributed by atoms with van der Waals surface area (Å²) in [5, 5.41) is 11.0. The molecule has 0 atom stereocenters. The summed E-state index contributed by atoms with van der Waals surface area (Å²) in [6.45, 7) is 8.43. The van der Waals surface area contributed by atoms with Crippen LogP contribution in [0.1, 0.15) is 39.8 Å². The van der Waals surface area contributed by atoms with E-state index in [1.54, 1.807) is 16.8 Å². The van der Waals surface area contributed by atoms with Gasteiger partial charge in [0.25, 0.3) is 0 Å². The number of hydrogen-bond acceptors (Lipinski definition) is 3. The Hall–Kier alpha value is -2.84. The van der Waals surface area contributed by atoms with Crippen molar-refractivity contribution in [2.24, 2.45) is 0 Å². The summed E-state index contributed by atoms with van der Waals surface area (Å²) in [7, 11) is 0. The maximum Gasteiger partial charge on any atom is 0.322 e. The number of rotatable bonds is 7. The van der Waals surface area contributed by atoms with E-state index in [0.29, 0.717) is 35.2 Å². The highest BCUT2D eigenvalue weighted by Crippen LogP contribution is 2.29. The standard InChI is InChI=1S/C25H29BrClN5O2/c1-5-14-31(24(34)28-19-12-8-6-10-17(19)26)16-23(33)29-22-15-21(25(2,3)4)30-32(22)20-13-9-7-11-18(20)27/h6-13,15H,5,14,16H2,1-4H3,(H,28,34)(H,29,33). The zero-order valence-corrected chi connectivity index (χ0v) is 22.1. The van der Waals surface area contributed by atoms with E-state index in [1.807, 2.05) is 70.2 Å². The van der Waals surface area contributed by atoms with Crippen molar-refractivity contribution in [3.8, 4) is 5.69 Å². The molecule has 9 heteroatoms. The molecule has 0 bridgehead atoms. The Balaban J connectivity index is 1.82. The van der Waals surface area contributed by atoms with E-state index in [4.69, 9.17) is 16.7 Å². The number of hydrogen-bond donors (Lipinski definition) is 2. The summed E-state index contributed by atoms with van der Waals surface area (Å²) < 4.78 is 2.40. The third-order valence-electron chi connectivity index (χ3n) is 5.06. The number of para-hydroxylation sites is 2. The maximum absolute atomic E-state index is 13.0. The highest BCUT2D eigenvalue weighted by atomic mass is 79.9. The van der Waals surface area contributed by atoms with E-state index < -0.39 is 0 Å². The number of nitrogens with one attached hydrogen (secondary N) is 2. The van der Waals surface area contributed by atoms with Crippen molar-refractivity contribution in [3.63, 3.8) is 0 Å². The Morgan fingerprint density at radius 3 is 2.41 bits per heavy atom. The number of nitrogens with zero attached hydrogens (tertiary/aromatic N) is 3. The third-order valence-corrected chi connectivity index (χ3v) is 6.07. The van der Waals surface area contributed by atoms with Crippen molar-refractivity contribution >= 4 is 51.0 Å². The van der Waals surface area contributed by atoms with Crippen molar-refractivity contribution in [2.75, 3.05) is 23.7 Å². The normalized spacial score (nSPS) is 11.2. The molecule has 0 saturated heterocycles. The fraction of sp³-hybridized carbons (Fsp3) is 0.320. The molecule has 3 rings (SSSR count). The average Bonchev–Trinajstić information content (AvgIpc) is 3.19. The molecule has 7 nitrogen and oxygen atoms in total. The predicted molar refractivity (Wildman–Crippen MR) is 141 cm³/mol. The van der Waals surface area contributed by atoms with Gasteiger partial charge in [-0.25, -0.2) is 9.48 Å². The molecule has 0 unspecified atom stereocenters. The molecule has 2 aromatic carbocycles. The van der Waals surface area contributed by atoms with Gasteiger partial charge >= 0.3 is 6.03 Å². The number of halogens is 2. The van der Waals surface area contributed by atoms with Gasteiger partial charge in [0.05, 0.1) is 22.1 Å². The number of carbonyl (C=O) groups excluding carboxylic acids is 2. The van der Waals surface area contributed by atoms with Crippen LogP contribution in [0.2, 0.25) is 5.02 Å². The Bertz CT molecular complexity index is 1170. The third kappa shape index (κ3) is 6.39. The Morgan fingerprint density at radius 2 is 1.76 bits per heavy atom. The molecular weight excluding hydrogens is 518 g/mol. The molecule has 0 fully saturated rings. The highest BCUT2D eigenvalue weighted by molar-refractivity contribution is 9.10. The van der Waals surface area contributed by atoms with Crippen LogP contribution in [0, 0.1) is 0 Å². The largest absolute Gasteiger partial charge is 0.322 e. The molecule has 0 aliphatic rings. The molecule has 0 aliphatic carbocycles. The van der Waals surface area contributed by atoms with Gasteiger partial charge in [-0.3, -0.25) is 4.79 Å². The second-order valence-electron chi connectivity index (χ2n) is 8.91. The SMILES string of the molecule is CCCN(CC(=O)Nc1cc(C(C)(C)C)nn1-c1ccccc1Cl)C(=O)Nc1ccccc1Br. The lowest BCUT2D eigenvalue weighted by atomic mass is 9.92. The van der Waals surface area contributed by atoms with Gasteiger partial charge in [-0.1, -0.05) is 63.6 Å². The zero-order chi connectivity index (χ0) is 24.9. The minimum Gasteiger partial charge on any atom is -0.315 e. The molecule has 1 heterocycles. The Kier molecular flexibility index (Phi) is 8.38. The molecule has 0 spiro atoms. The van der Waals surface area contributed by atoms with Crippen LogP contribution in [0.3, 0.4) is 0 Å². The average molecular weight is 547 g/mol. The lowest BCUT2D eigenvalue weighted by Gasteiger charge is -2.22. The van der Waals surface area contributed by atoms with E-state index in [9.17, 15) is 9.59 Å². The smallest absolute Gasteiger partial charge is 0.315 e. The van der Waals surface area contributed by atoms with Crippen LogP contribution in [0.25, 0.3) is 5.69 Å². The minimum atomic E-state index is -0.348. The van der Waals surface area contributed by atoms with Crippen LogP contribution >= 0.6 is 27.5 Å². The first kappa shape index (κ1) is 25.8. The van der Waals surface area contributed by atoms with E-state index >= 15 is 0 Å². The number of urea groups is 1. The van der Waals surface area contributed by atoms with Gasteiger partial charge in [0.15, 0.2) is 0 Å². The first-order valence-electron chi connectivity index (χ1n) is 11.1. The summed E-state index contributed by atoms with van der Waals surface area (Å²) in [5.74, 6) is 0.162. The van der Waals surface area contributed by atoms with Gasteiger partial charge in [0.2, 0.25) is 5.91 Å². The monoisotopic (exact) mass is 545 g/mol. The van der Waals surface area contributed by atoms with Crippen molar-refractivity contribution in [1.82, 2.24) is 14.7 Å². The van der Waals surface area contributed by atoms with Crippen LogP contribution in [-0.2, 0) is 10.2 Å². The topological polar surface area (TPSA) is 79.3 Å². The lowest BCUT2D eigenvalue weighted by molar-refractivity contribution is -0.116. The molecule has 0 saturated carbocycles. The van der Waals surface area contributed by atoms with Crippen molar-refractivity contribution in [1.29, 1.82) is 0 Å². The molecule has 180 valence electrons. The summed E-state index contributed by atoms with van der Waals surface area (Å²) in [6, 6.07) is 16.1. The molecule has 1 aromatic heterocycles. The molecule has 3 amide bonds. The van der Waals surface area contributed by atoms with Gasteiger partial charge < -0.3 is 15.5 Å². The fourth-order valence-electron chi connectivity index (χ4n) is 3.28. The van der Waals surface area contributed by atoms with Crippen molar-refractivity contribution in [3.05, 3.63) is 69.8 Å². The summed E-state index contributed by atoms with van der Waals surface area (Å²) in [4.78, 5) is 27.4.